The molecule has 3 fully saturated rings. The number of rotatable bonds is 12. The highest BCUT2D eigenvalue weighted by atomic mass is 16.8. The highest BCUT2D eigenvalue weighted by Crippen LogP contribution is 2.33. The molecule has 0 aromatic heterocycles. The standard InChI is InChI=1S/C34H44O19/c1-14-24(41)26(43)28(45)34(50-14)53-31-29(46)33(47-9-8-16-3-6-18(36)20(38)11-16)51-22(13-49-32-27(44)25(42)21(39)12-48-32)30(31)52-23(40)7-4-15-2-5-17(35)19(37)10-15/h2-7,10-11,14,21-22,24-39,41-46H,8-9,12-13H2,1H3/b7-4+/t14-,21-,22+,24-,25-,26+,27+,28+,29+,30+,31+,32-,33+,34-/m0/s1. The molecule has 3 heterocycles. The SMILES string of the molecule is C[C@@H]1O[C@@H](O[C@@H]2[C@@H](O)[C@H](OCCc3ccc(O)c(O)c3)O[C@H](CO[C@@H]3OC[C@H](O)[C@H](O)[C@H]3O)[C@H]2OC(=O)/C=C/c2ccc(O)c(O)c2)[C@H](O)[C@H](O)[C@H]1O. The number of aliphatic hydroxyl groups is 7. The zero-order chi connectivity index (χ0) is 38.6. The topological polar surface area (TPSA) is 304 Å². The maximum Gasteiger partial charge on any atom is 0.331 e. The van der Waals surface area contributed by atoms with Gasteiger partial charge in [-0.2, -0.15) is 0 Å². The van der Waals surface area contributed by atoms with Crippen LogP contribution in [0.3, 0.4) is 0 Å². The minimum atomic E-state index is -1.86. The van der Waals surface area contributed by atoms with Crippen molar-refractivity contribution in [3.8, 4) is 23.0 Å². The highest BCUT2D eigenvalue weighted by Gasteiger charge is 2.53. The first-order valence-electron chi connectivity index (χ1n) is 16.6. The Bertz CT molecular complexity index is 1560. The van der Waals surface area contributed by atoms with Crippen molar-refractivity contribution >= 4 is 12.0 Å². The Morgan fingerprint density at radius 3 is 2.11 bits per heavy atom. The van der Waals surface area contributed by atoms with Gasteiger partial charge < -0.3 is 89.3 Å². The molecule has 3 aliphatic rings. The number of hydrogen-bond donors (Lipinski definition) is 11. The van der Waals surface area contributed by atoms with Crippen molar-refractivity contribution in [2.24, 2.45) is 0 Å². The monoisotopic (exact) mass is 756 g/mol. The maximum absolute atomic E-state index is 13.2. The van der Waals surface area contributed by atoms with Gasteiger partial charge in [0.1, 0.15) is 54.9 Å². The Kier molecular flexibility index (Phi) is 13.5. The van der Waals surface area contributed by atoms with Crippen molar-refractivity contribution < 1.29 is 94.1 Å². The first-order chi connectivity index (χ1) is 25.1. The number of esters is 1. The van der Waals surface area contributed by atoms with E-state index in [-0.39, 0.29) is 30.1 Å². The Balaban J connectivity index is 1.42. The molecule has 0 unspecified atom stereocenters. The lowest BCUT2D eigenvalue weighted by atomic mass is 9.96. The summed E-state index contributed by atoms with van der Waals surface area (Å²) >= 11 is 0. The first kappa shape index (κ1) is 40.5. The molecule has 0 spiro atoms. The number of phenolic OH excluding ortho intramolecular Hbond substituents is 4. The minimum Gasteiger partial charge on any atom is -0.504 e. The van der Waals surface area contributed by atoms with E-state index in [1.54, 1.807) is 0 Å². The molecule has 14 atom stereocenters. The van der Waals surface area contributed by atoms with Gasteiger partial charge in [0.15, 0.2) is 48.0 Å². The van der Waals surface area contributed by atoms with Gasteiger partial charge in [0.05, 0.1) is 25.9 Å². The summed E-state index contributed by atoms with van der Waals surface area (Å²) in [5, 5.41) is 112. The molecule has 3 saturated heterocycles. The number of ether oxygens (including phenoxy) is 7. The lowest BCUT2D eigenvalue weighted by Gasteiger charge is -2.47. The normalized spacial score (nSPS) is 36.4. The van der Waals surface area contributed by atoms with Gasteiger partial charge in [-0.3, -0.25) is 0 Å². The molecule has 53 heavy (non-hydrogen) atoms. The van der Waals surface area contributed by atoms with E-state index in [1.165, 1.54) is 49.4 Å². The Hall–Kier alpha value is -3.67. The van der Waals surface area contributed by atoms with Crippen molar-refractivity contribution in [2.75, 3.05) is 19.8 Å². The number of hydrogen-bond acceptors (Lipinski definition) is 19. The van der Waals surface area contributed by atoms with Crippen LogP contribution in [-0.4, -0.2) is 168 Å². The molecule has 0 saturated carbocycles. The van der Waals surface area contributed by atoms with Crippen LogP contribution in [0.4, 0.5) is 0 Å². The van der Waals surface area contributed by atoms with Crippen LogP contribution in [-0.2, 0) is 44.4 Å². The van der Waals surface area contributed by atoms with E-state index < -0.39 is 117 Å². The maximum atomic E-state index is 13.2. The summed E-state index contributed by atoms with van der Waals surface area (Å²) in [4.78, 5) is 13.2. The van der Waals surface area contributed by atoms with Crippen LogP contribution in [0.2, 0.25) is 0 Å². The van der Waals surface area contributed by atoms with Gasteiger partial charge in [0, 0.05) is 6.08 Å². The van der Waals surface area contributed by atoms with Crippen LogP contribution in [0.25, 0.3) is 6.08 Å². The third-order valence-electron chi connectivity index (χ3n) is 8.97. The average molecular weight is 757 g/mol. The van der Waals surface area contributed by atoms with Crippen LogP contribution in [0.1, 0.15) is 18.1 Å². The van der Waals surface area contributed by atoms with E-state index in [0.29, 0.717) is 5.56 Å². The average Bonchev–Trinajstić information content (AvgIpc) is 3.13. The van der Waals surface area contributed by atoms with Gasteiger partial charge in [0.2, 0.25) is 0 Å². The molecule has 294 valence electrons. The Morgan fingerprint density at radius 1 is 0.736 bits per heavy atom. The second kappa shape index (κ2) is 17.6. The molecule has 2 aromatic rings. The van der Waals surface area contributed by atoms with Crippen LogP contribution in [0, 0.1) is 0 Å². The lowest BCUT2D eigenvalue weighted by Crippen LogP contribution is -2.65. The van der Waals surface area contributed by atoms with Crippen LogP contribution in [0.15, 0.2) is 42.5 Å². The second-order valence-corrected chi connectivity index (χ2v) is 12.8. The molecule has 19 nitrogen and oxygen atoms in total. The molecule has 19 heteroatoms. The molecular weight excluding hydrogens is 712 g/mol. The van der Waals surface area contributed by atoms with Crippen molar-refractivity contribution in [1.29, 1.82) is 0 Å². The molecule has 3 aliphatic heterocycles. The van der Waals surface area contributed by atoms with E-state index in [9.17, 15) is 61.0 Å². The number of carbonyl (C=O) groups is 1. The summed E-state index contributed by atoms with van der Waals surface area (Å²) < 4.78 is 40.1. The third kappa shape index (κ3) is 9.72. The fourth-order valence-corrected chi connectivity index (χ4v) is 5.86. The molecule has 0 radical (unpaired) electrons. The van der Waals surface area contributed by atoms with E-state index in [0.717, 1.165) is 6.08 Å². The molecule has 5 rings (SSSR count). The number of aromatic hydroxyl groups is 4. The third-order valence-corrected chi connectivity index (χ3v) is 8.97. The molecule has 0 aliphatic carbocycles. The molecule has 0 amide bonds. The number of carbonyl (C=O) groups excluding carboxylic acids is 1. The van der Waals surface area contributed by atoms with Gasteiger partial charge >= 0.3 is 5.97 Å². The van der Waals surface area contributed by atoms with Gasteiger partial charge in [0.25, 0.3) is 0 Å². The van der Waals surface area contributed by atoms with Gasteiger partial charge in [-0.25, -0.2) is 4.79 Å². The quantitative estimate of drug-likeness (QED) is 0.0603. The fourth-order valence-electron chi connectivity index (χ4n) is 5.86. The van der Waals surface area contributed by atoms with E-state index in [1.807, 2.05) is 0 Å². The molecule has 11 N–H and O–H groups in total. The van der Waals surface area contributed by atoms with Crippen molar-refractivity contribution in [3.05, 3.63) is 53.6 Å². The number of benzene rings is 2. The minimum absolute atomic E-state index is 0.136. The molecular formula is C34H44O19. The molecule has 0 bridgehead atoms. The van der Waals surface area contributed by atoms with Gasteiger partial charge in [-0.15, -0.1) is 0 Å². The smallest absolute Gasteiger partial charge is 0.331 e. The van der Waals surface area contributed by atoms with Gasteiger partial charge in [-0.1, -0.05) is 12.1 Å². The summed E-state index contributed by atoms with van der Waals surface area (Å²) in [6.07, 6.45) is -20.0. The summed E-state index contributed by atoms with van der Waals surface area (Å²) in [6.45, 7) is 0.237. The second-order valence-electron chi connectivity index (χ2n) is 12.8. The zero-order valence-corrected chi connectivity index (χ0v) is 28.2. The summed E-state index contributed by atoms with van der Waals surface area (Å²) in [6, 6.07) is 7.83. The van der Waals surface area contributed by atoms with Crippen LogP contribution in [0.5, 0.6) is 23.0 Å². The Morgan fingerprint density at radius 2 is 1.42 bits per heavy atom. The number of aliphatic hydroxyl groups excluding tert-OH is 7. The van der Waals surface area contributed by atoms with Gasteiger partial charge in [-0.05, 0) is 54.8 Å². The first-order valence-corrected chi connectivity index (χ1v) is 16.6. The van der Waals surface area contributed by atoms with Crippen LogP contribution < -0.4 is 0 Å². The summed E-state index contributed by atoms with van der Waals surface area (Å²) in [5.74, 6) is -2.62. The van der Waals surface area contributed by atoms with Crippen LogP contribution >= 0.6 is 0 Å². The van der Waals surface area contributed by atoms with E-state index in [2.05, 4.69) is 0 Å². The van der Waals surface area contributed by atoms with E-state index >= 15 is 0 Å². The van der Waals surface area contributed by atoms with Crippen molar-refractivity contribution in [3.63, 3.8) is 0 Å². The molecule has 2 aromatic carbocycles. The van der Waals surface area contributed by atoms with E-state index in [4.69, 9.17) is 33.2 Å². The lowest BCUT2D eigenvalue weighted by molar-refractivity contribution is -0.362. The largest absolute Gasteiger partial charge is 0.504 e. The zero-order valence-electron chi connectivity index (χ0n) is 28.2. The highest BCUT2D eigenvalue weighted by molar-refractivity contribution is 5.87. The Labute approximate surface area is 302 Å². The fraction of sp³-hybridized carbons (Fsp3) is 0.559. The number of phenols is 4. The predicted octanol–water partition coefficient (Wildman–Crippen LogP) is -2.55. The van der Waals surface area contributed by atoms with Crippen molar-refractivity contribution in [2.45, 2.75) is 99.4 Å². The summed E-state index contributed by atoms with van der Waals surface area (Å²) in [5.41, 5.74) is 0.813. The van der Waals surface area contributed by atoms with Crippen molar-refractivity contribution in [1.82, 2.24) is 0 Å². The summed E-state index contributed by atoms with van der Waals surface area (Å²) in [7, 11) is 0. The predicted molar refractivity (Wildman–Crippen MR) is 174 cm³/mol.